The second-order valence-electron chi connectivity index (χ2n) is 2.44. The van der Waals surface area contributed by atoms with Crippen molar-refractivity contribution in [1.82, 2.24) is 5.32 Å². The van der Waals surface area contributed by atoms with Crippen LogP contribution in [0.15, 0.2) is 0 Å². The molecule has 1 rings (SSSR count). The number of hydrogen-bond acceptors (Lipinski definition) is 2. The van der Waals surface area contributed by atoms with Crippen molar-refractivity contribution in [3.8, 4) is 0 Å². The van der Waals surface area contributed by atoms with Gasteiger partial charge >= 0.3 is 0 Å². The van der Waals surface area contributed by atoms with E-state index >= 15 is 0 Å². The van der Waals surface area contributed by atoms with Crippen molar-refractivity contribution in [1.29, 1.82) is 0 Å². The summed E-state index contributed by atoms with van der Waals surface area (Å²) in [6.07, 6.45) is 2.19. The average Bonchev–Trinajstić information content (AvgIpc) is 2.12. The third-order valence-corrected chi connectivity index (χ3v) is 1.68. The Morgan fingerprint density at radius 2 is 2.33 bits per heavy atom. The molecule has 0 bridgehead atoms. The number of halogens is 1. The molecule has 0 spiro atoms. The summed E-state index contributed by atoms with van der Waals surface area (Å²) in [6.45, 7) is 2.92. The highest BCUT2D eigenvalue weighted by Gasteiger charge is 2.17. The molecular formula is C6H14ClNO. The Morgan fingerprint density at radius 1 is 1.67 bits per heavy atom. The molecule has 3 heteroatoms. The highest BCUT2D eigenvalue weighted by molar-refractivity contribution is 5.85. The van der Waals surface area contributed by atoms with E-state index in [2.05, 4.69) is 5.32 Å². The lowest BCUT2D eigenvalue weighted by atomic mass is 10.1. The Hall–Kier alpha value is 0.210. The van der Waals surface area contributed by atoms with Gasteiger partial charge in [-0.2, -0.15) is 0 Å². The summed E-state index contributed by atoms with van der Waals surface area (Å²) in [6, 6.07) is 0.370. The molecule has 1 fully saturated rings. The van der Waals surface area contributed by atoms with Crippen LogP contribution in [-0.2, 0) is 0 Å². The third-order valence-electron chi connectivity index (χ3n) is 1.68. The highest BCUT2D eigenvalue weighted by atomic mass is 35.5. The number of aliphatic hydroxyl groups is 1. The molecule has 0 aliphatic carbocycles. The molecule has 1 saturated heterocycles. The highest BCUT2D eigenvalue weighted by Crippen LogP contribution is 2.07. The monoisotopic (exact) mass is 151 g/mol. The molecule has 0 amide bonds. The maximum absolute atomic E-state index is 8.99. The van der Waals surface area contributed by atoms with Crippen molar-refractivity contribution in [3.63, 3.8) is 0 Å². The fraction of sp³-hybridized carbons (Fsp3) is 1.00. The van der Waals surface area contributed by atoms with E-state index in [1.54, 1.807) is 0 Å². The Morgan fingerprint density at radius 3 is 2.56 bits per heavy atom. The first kappa shape index (κ1) is 9.21. The third kappa shape index (κ3) is 2.52. The summed E-state index contributed by atoms with van der Waals surface area (Å²) < 4.78 is 0. The molecule has 0 radical (unpaired) electrons. The van der Waals surface area contributed by atoms with E-state index in [9.17, 15) is 0 Å². The largest absolute Gasteiger partial charge is 0.392 e. The first-order valence-corrected chi connectivity index (χ1v) is 3.22. The molecular weight excluding hydrogens is 138 g/mol. The number of aliphatic hydroxyl groups excluding tert-OH is 1. The smallest absolute Gasteiger partial charge is 0.0665 e. The van der Waals surface area contributed by atoms with Gasteiger partial charge < -0.3 is 10.4 Å². The summed E-state index contributed by atoms with van der Waals surface area (Å²) in [7, 11) is 0. The quantitative estimate of drug-likeness (QED) is 0.574. The topological polar surface area (TPSA) is 32.3 Å². The molecule has 0 saturated carbocycles. The Balaban J connectivity index is 0.000000640. The molecule has 1 heterocycles. The first-order valence-electron chi connectivity index (χ1n) is 3.22. The Labute approximate surface area is 62.1 Å². The van der Waals surface area contributed by atoms with Crippen molar-refractivity contribution in [3.05, 3.63) is 0 Å². The fourth-order valence-electron chi connectivity index (χ4n) is 1.12. The minimum Gasteiger partial charge on any atom is -0.392 e. The Bertz CT molecular complexity index is 71.5. The van der Waals surface area contributed by atoms with Gasteiger partial charge in [-0.05, 0) is 26.3 Å². The molecule has 0 aromatic rings. The van der Waals surface area contributed by atoms with Crippen LogP contribution in [0.3, 0.4) is 0 Å². The van der Waals surface area contributed by atoms with Gasteiger partial charge in [0.05, 0.1) is 6.10 Å². The predicted octanol–water partition coefficient (Wildman–Crippen LogP) is 0.541. The molecule has 2 atom stereocenters. The van der Waals surface area contributed by atoms with Gasteiger partial charge in [-0.3, -0.25) is 0 Å². The Kier molecular flexibility index (Phi) is 4.19. The van der Waals surface area contributed by atoms with Crippen molar-refractivity contribution >= 4 is 12.4 Å². The van der Waals surface area contributed by atoms with Crippen molar-refractivity contribution < 1.29 is 5.11 Å². The minimum absolute atomic E-state index is 0. The number of rotatable bonds is 1. The van der Waals surface area contributed by atoms with Crippen molar-refractivity contribution in [2.24, 2.45) is 0 Å². The van der Waals surface area contributed by atoms with Gasteiger partial charge in [0.1, 0.15) is 0 Å². The SMILES string of the molecule is C[C@@H](O)C1CCCN1.Cl. The van der Waals surface area contributed by atoms with Crippen molar-refractivity contribution in [2.75, 3.05) is 6.54 Å². The molecule has 1 aliphatic heterocycles. The van der Waals surface area contributed by atoms with Crippen LogP contribution in [-0.4, -0.2) is 23.8 Å². The minimum atomic E-state index is -0.169. The summed E-state index contributed by atoms with van der Waals surface area (Å²) in [5, 5.41) is 12.2. The average molecular weight is 152 g/mol. The zero-order chi connectivity index (χ0) is 5.98. The summed E-state index contributed by atoms with van der Waals surface area (Å²) in [5.41, 5.74) is 0. The number of hydrogen-bond donors (Lipinski definition) is 2. The van der Waals surface area contributed by atoms with Gasteiger partial charge in [0.15, 0.2) is 0 Å². The molecule has 9 heavy (non-hydrogen) atoms. The second kappa shape index (κ2) is 4.09. The van der Waals surface area contributed by atoms with E-state index in [4.69, 9.17) is 5.11 Å². The fourth-order valence-corrected chi connectivity index (χ4v) is 1.12. The number of nitrogens with one attached hydrogen (secondary N) is 1. The van der Waals surface area contributed by atoms with E-state index in [1.807, 2.05) is 6.92 Å². The first-order chi connectivity index (χ1) is 3.80. The van der Waals surface area contributed by atoms with Gasteiger partial charge in [0, 0.05) is 6.04 Å². The van der Waals surface area contributed by atoms with Gasteiger partial charge in [-0.1, -0.05) is 0 Å². The van der Waals surface area contributed by atoms with Crippen LogP contribution in [0.4, 0.5) is 0 Å². The van der Waals surface area contributed by atoms with Crippen LogP contribution in [0.25, 0.3) is 0 Å². The zero-order valence-electron chi connectivity index (χ0n) is 5.63. The second-order valence-corrected chi connectivity index (χ2v) is 2.44. The molecule has 1 aliphatic rings. The van der Waals surface area contributed by atoms with E-state index in [0.717, 1.165) is 13.0 Å². The normalized spacial score (nSPS) is 29.3. The van der Waals surface area contributed by atoms with Crippen LogP contribution in [0.5, 0.6) is 0 Å². The van der Waals surface area contributed by atoms with Gasteiger partial charge in [-0.25, -0.2) is 0 Å². The molecule has 2 N–H and O–H groups in total. The van der Waals surface area contributed by atoms with E-state index in [-0.39, 0.29) is 18.5 Å². The predicted molar refractivity (Wildman–Crippen MR) is 40.0 cm³/mol. The van der Waals surface area contributed by atoms with E-state index < -0.39 is 0 Å². The molecule has 2 nitrogen and oxygen atoms in total. The van der Waals surface area contributed by atoms with Crippen LogP contribution in [0, 0.1) is 0 Å². The van der Waals surface area contributed by atoms with Crippen LogP contribution < -0.4 is 5.32 Å². The van der Waals surface area contributed by atoms with Crippen LogP contribution >= 0.6 is 12.4 Å². The standard InChI is InChI=1S/C6H13NO.ClH/c1-5(8)6-3-2-4-7-6;/h5-8H,2-4H2,1H3;1H/t5-,6?;/m1./s1. The maximum atomic E-state index is 8.99. The van der Waals surface area contributed by atoms with Crippen molar-refractivity contribution in [2.45, 2.75) is 31.9 Å². The summed E-state index contributed by atoms with van der Waals surface area (Å²) in [4.78, 5) is 0. The lowest BCUT2D eigenvalue weighted by Crippen LogP contribution is -2.32. The van der Waals surface area contributed by atoms with E-state index in [0.29, 0.717) is 6.04 Å². The van der Waals surface area contributed by atoms with Crippen LogP contribution in [0.2, 0.25) is 0 Å². The van der Waals surface area contributed by atoms with Gasteiger partial charge in [0.25, 0.3) is 0 Å². The molecule has 0 aromatic heterocycles. The zero-order valence-corrected chi connectivity index (χ0v) is 6.45. The lowest BCUT2D eigenvalue weighted by molar-refractivity contribution is 0.154. The maximum Gasteiger partial charge on any atom is 0.0665 e. The summed E-state index contributed by atoms with van der Waals surface area (Å²) in [5.74, 6) is 0. The molecule has 56 valence electrons. The molecule has 1 unspecified atom stereocenters. The van der Waals surface area contributed by atoms with Gasteiger partial charge in [0.2, 0.25) is 0 Å². The molecule has 0 aromatic carbocycles. The van der Waals surface area contributed by atoms with Gasteiger partial charge in [-0.15, -0.1) is 12.4 Å². The van der Waals surface area contributed by atoms with Crippen LogP contribution in [0.1, 0.15) is 19.8 Å². The lowest BCUT2D eigenvalue weighted by Gasteiger charge is -2.11. The summed E-state index contributed by atoms with van der Waals surface area (Å²) >= 11 is 0. The van der Waals surface area contributed by atoms with E-state index in [1.165, 1.54) is 6.42 Å².